The lowest BCUT2D eigenvalue weighted by Crippen LogP contribution is -2.42. The second-order valence-electron chi connectivity index (χ2n) is 4.53. The summed E-state index contributed by atoms with van der Waals surface area (Å²) >= 11 is 0. The van der Waals surface area contributed by atoms with Crippen molar-refractivity contribution < 1.29 is 23.5 Å². The van der Waals surface area contributed by atoms with Gasteiger partial charge >= 0.3 is 5.97 Å². The van der Waals surface area contributed by atoms with Crippen LogP contribution in [0.25, 0.3) is 0 Å². The van der Waals surface area contributed by atoms with Crippen molar-refractivity contribution in [2.24, 2.45) is 5.92 Å². The molecule has 1 saturated heterocycles. The van der Waals surface area contributed by atoms with E-state index in [-0.39, 0.29) is 12.1 Å². The Kier molecular flexibility index (Phi) is 3.78. The molecule has 2 rings (SSSR count). The van der Waals surface area contributed by atoms with Gasteiger partial charge in [0.1, 0.15) is 0 Å². The zero-order valence-electron chi connectivity index (χ0n) is 10.1. The molecule has 0 radical (unpaired) electrons. The summed E-state index contributed by atoms with van der Waals surface area (Å²) < 4.78 is 26.6. The van der Waals surface area contributed by atoms with Crippen LogP contribution in [0.5, 0.6) is 0 Å². The maximum absolute atomic E-state index is 13.5. The lowest BCUT2D eigenvalue weighted by atomic mass is 9.97. The van der Waals surface area contributed by atoms with E-state index in [1.807, 2.05) is 0 Å². The highest BCUT2D eigenvalue weighted by molar-refractivity contribution is 5.94. The molecule has 0 aromatic heterocycles. The summed E-state index contributed by atoms with van der Waals surface area (Å²) in [6.07, 6.45) is 1.03. The minimum atomic E-state index is -1.19. The van der Waals surface area contributed by atoms with Gasteiger partial charge in [0.2, 0.25) is 0 Å². The van der Waals surface area contributed by atoms with E-state index in [1.165, 1.54) is 17.0 Å². The van der Waals surface area contributed by atoms with Crippen LogP contribution < -0.4 is 0 Å². The molecular formula is C13H13F2NO3. The van der Waals surface area contributed by atoms with Crippen molar-refractivity contribution in [1.82, 2.24) is 4.90 Å². The predicted octanol–water partition coefficient (Wildman–Crippen LogP) is 1.90. The molecular weight excluding hydrogens is 256 g/mol. The second-order valence-corrected chi connectivity index (χ2v) is 4.53. The molecule has 4 nitrogen and oxygen atoms in total. The van der Waals surface area contributed by atoms with E-state index in [1.54, 1.807) is 0 Å². The van der Waals surface area contributed by atoms with Crippen LogP contribution in [-0.4, -0.2) is 35.0 Å². The minimum Gasteiger partial charge on any atom is -0.481 e. The molecule has 1 unspecified atom stereocenters. The van der Waals surface area contributed by atoms with Crippen LogP contribution in [0.4, 0.5) is 8.78 Å². The number of carbonyl (C=O) groups excluding carboxylic acids is 1. The van der Waals surface area contributed by atoms with Crippen molar-refractivity contribution in [3.63, 3.8) is 0 Å². The first-order chi connectivity index (χ1) is 9.00. The van der Waals surface area contributed by atoms with Gasteiger partial charge in [-0.3, -0.25) is 9.59 Å². The smallest absolute Gasteiger partial charge is 0.308 e. The van der Waals surface area contributed by atoms with E-state index in [0.29, 0.717) is 19.4 Å². The summed E-state index contributed by atoms with van der Waals surface area (Å²) in [4.78, 5) is 24.2. The standard InChI is InChI=1S/C13H13F2NO3/c14-10-5-1-4-9(11(10)15)12(17)16-6-2-3-8(7-16)13(18)19/h1,4-5,8H,2-3,6-7H2,(H,18,19). The highest BCUT2D eigenvalue weighted by Crippen LogP contribution is 2.20. The summed E-state index contributed by atoms with van der Waals surface area (Å²) in [6.45, 7) is 0.392. The van der Waals surface area contributed by atoms with E-state index in [9.17, 15) is 18.4 Å². The van der Waals surface area contributed by atoms with E-state index >= 15 is 0 Å². The zero-order chi connectivity index (χ0) is 14.0. The van der Waals surface area contributed by atoms with Crippen LogP contribution >= 0.6 is 0 Å². The number of hydrogen-bond acceptors (Lipinski definition) is 2. The number of carboxylic acid groups (broad SMARTS) is 1. The Balaban J connectivity index is 2.19. The number of aliphatic carboxylic acids is 1. The molecule has 0 bridgehead atoms. The molecule has 1 aromatic carbocycles. The number of carboxylic acids is 1. The van der Waals surface area contributed by atoms with Crippen LogP contribution in [-0.2, 0) is 4.79 Å². The molecule has 1 N–H and O–H groups in total. The highest BCUT2D eigenvalue weighted by atomic mass is 19.2. The predicted molar refractivity (Wildman–Crippen MR) is 62.6 cm³/mol. The number of piperidine rings is 1. The van der Waals surface area contributed by atoms with Gasteiger partial charge in [-0.1, -0.05) is 6.07 Å². The van der Waals surface area contributed by atoms with Gasteiger partial charge in [-0.2, -0.15) is 0 Å². The monoisotopic (exact) mass is 269 g/mol. The first-order valence-electron chi connectivity index (χ1n) is 5.97. The minimum absolute atomic E-state index is 0.0319. The fourth-order valence-electron chi connectivity index (χ4n) is 2.20. The average Bonchev–Trinajstić information content (AvgIpc) is 2.41. The maximum Gasteiger partial charge on any atom is 0.308 e. The van der Waals surface area contributed by atoms with Crippen molar-refractivity contribution in [2.45, 2.75) is 12.8 Å². The van der Waals surface area contributed by atoms with Crippen molar-refractivity contribution in [1.29, 1.82) is 0 Å². The third-order valence-electron chi connectivity index (χ3n) is 3.24. The Morgan fingerprint density at radius 1 is 1.32 bits per heavy atom. The first-order valence-corrected chi connectivity index (χ1v) is 5.97. The Hall–Kier alpha value is -1.98. The zero-order valence-corrected chi connectivity index (χ0v) is 10.1. The van der Waals surface area contributed by atoms with Crippen molar-refractivity contribution in [3.05, 3.63) is 35.4 Å². The molecule has 1 aliphatic rings. The van der Waals surface area contributed by atoms with Gasteiger partial charge in [-0.25, -0.2) is 8.78 Å². The number of amides is 1. The van der Waals surface area contributed by atoms with Gasteiger partial charge in [0.05, 0.1) is 11.5 Å². The molecule has 19 heavy (non-hydrogen) atoms. The molecule has 0 spiro atoms. The van der Waals surface area contributed by atoms with Crippen LogP contribution in [0.15, 0.2) is 18.2 Å². The molecule has 0 saturated carbocycles. The third kappa shape index (κ3) is 2.72. The number of halogens is 2. The number of benzene rings is 1. The van der Waals surface area contributed by atoms with Crippen LogP contribution in [0.1, 0.15) is 23.2 Å². The lowest BCUT2D eigenvalue weighted by Gasteiger charge is -2.30. The second kappa shape index (κ2) is 5.34. The van der Waals surface area contributed by atoms with E-state index < -0.39 is 29.4 Å². The Bertz CT molecular complexity index is 519. The molecule has 6 heteroatoms. The number of nitrogens with zero attached hydrogens (tertiary/aromatic N) is 1. The molecule has 1 aliphatic heterocycles. The van der Waals surface area contributed by atoms with Gasteiger partial charge in [-0.05, 0) is 25.0 Å². The van der Waals surface area contributed by atoms with Gasteiger partial charge in [0.15, 0.2) is 11.6 Å². The number of rotatable bonds is 2. The molecule has 1 atom stereocenters. The van der Waals surface area contributed by atoms with Crippen molar-refractivity contribution in [2.75, 3.05) is 13.1 Å². The lowest BCUT2D eigenvalue weighted by molar-refractivity contribution is -0.143. The van der Waals surface area contributed by atoms with Crippen molar-refractivity contribution in [3.8, 4) is 0 Å². The summed E-state index contributed by atoms with van der Waals surface area (Å²) in [5.74, 6) is -4.56. The average molecular weight is 269 g/mol. The molecule has 102 valence electrons. The first kappa shape index (κ1) is 13.5. The molecule has 1 heterocycles. The summed E-state index contributed by atoms with van der Waals surface area (Å²) in [5, 5.41) is 8.94. The number of likely N-dealkylation sites (tertiary alicyclic amines) is 1. The summed E-state index contributed by atoms with van der Waals surface area (Å²) in [7, 11) is 0. The fourth-order valence-corrected chi connectivity index (χ4v) is 2.20. The van der Waals surface area contributed by atoms with E-state index in [4.69, 9.17) is 5.11 Å². The Morgan fingerprint density at radius 3 is 2.74 bits per heavy atom. The molecule has 0 aliphatic carbocycles. The van der Waals surface area contributed by atoms with Gasteiger partial charge in [0, 0.05) is 13.1 Å². The Labute approximate surface area is 108 Å². The molecule has 1 amide bonds. The Morgan fingerprint density at radius 2 is 2.05 bits per heavy atom. The third-order valence-corrected chi connectivity index (χ3v) is 3.24. The summed E-state index contributed by atoms with van der Waals surface area (Å²) in [5.41, 5.74) is -0.356. The number of hydrogen-bond donors (Lipinski definition) is 1. The van der Waals surface area contributed by atoms with Crippen LogP contribution in [0, 0.1) is 17.6 Å². The van der Waals surface area contributed by atoms with Gasteiger partial charge < -0.3 is 10.0 Å². The highest BCUT2D eigenvalue weighted by Gasteiger charge is 2.30. The van der Waals surface area contributed by atoms with Crippen molar-refractivity contribution >= 4 is 11.9 Å². The molecule has 1 aromatic rings. The molecule has 1 fully saturated rings. The number of carbonyl (C=O) groups is 2. The quantitative estimate of drug-likeness (QED) is 0.892. The van der Waals surface area contributed by atoms with Gasteiger partial charge in [-0.15, -0.1) is 0 Å². The van der Waals surface area contributed by atoms with Crippen LogP contribution in [0.2, 0.25) is 0 Å². The van der Waals surface area contributed by atoms with Crippen LogP contribution in [0.3, 0.4) is 0 Å². The normalized spacial score (nSPS) is 19.3. The maximum atomic E-state index is 13.5. The van der Waals surface area contributed by atoms with E-state index in [0.717, 1.165) is 6.07 Å². The SMILES string of the molecule is O=C(O)C1CCCN(C(=O)c2cccc(F)c2F)C1. The largest absolute Gasteiger partial charge is 0.481 e. The fraction of sp³-hybridized carbons (Fsp3) is 0.385. The summed E-state index contributed by atoms with van der Waals surface area (Å²) in [6, 6.07) is 3.39. The van der Waals surface area contributed by atoms with Gasteiger partial charge in [0.25, 0.3) is 5.91 Å². The van der Waals surface area contributed by atoms with E-state index in [2.05, 4.69) is 0 Å². The topological polar surface area (TPSA) is 57.6 Å².